The van der Waals surface area contributed by atoms with Crippen molar-refractivity contribution in [3.63, 3.8) is 0 Å². The highest BCUT2D eigenvalue weighted by Crippen LogP contribution is 2.32. The number of anilines is 1. The number of aryl methyl sites for hydroxylation is 1. The molecule has 6 rings (SSSR count). The van der Waals surface area contributed by atoms with Crippen molar-refractivity contribution < 1.29 is 4.79 Å². The van der Waals surface area contributed by atoms with E-state index in [1.807, 2.05) is 55.6 Å². The van der Waals surface area contributed by atoms with E-state index in [0.717, 1.165) is 51.6 Å². The molecule has 2 aromatic carbocycles. The van der Waals surface area contributed by atoms with Crippen LogP contribution in [0.5, 0.6) is 0 Å². The second kappa shape index (κ2) is 7.41. The predicted molar refractivity (Wildman–Crippen MR) is 128 cm³/mol. The number of benzene rings is 2. The molecule has 0 atom stereocenters. The van der Waals surface area contributed by atoms with Crippen molar-refractivity contribution in [2.45, 2.75) is 19.8 Å². The molecule has 7 nitrogen and oxygen atoms in total. The molecule has 1 aliphatic carbocycles. The van der Waals surface area contributed by atoms with Crippen LogP contribution in [-0.2, 0) is 4.79 Å². The maximum absolute atomic E-state index is 13.2. The zero-order valence-corrected chi connectivity index (χ0v) is 18.0. The third-order valence-electron chi connectivity index (χ3n) is 6.16. The number of aromatic nitrogens is 4. The lowest BCUT2D eigenvalue weighted by Crippen LogP contribution is -2.19. The lowest BCUT2D eigenvalue weighted by Gasteiger charge is -2.15. The summed E-state index contributed by atoms with van der Waals surface area (Å²) in [6.45, 7) is 1.95. The van der Waals surface area contributed by atoms with Gasteiger partial charge in [-0.25, -0.2) is 4.68 Å². The van der Waals surface area contributed by atoms with Crippen molar-refractivity contribution in [3.8, 4) is 11.4 Å². The van der Waals surface area contributed by atoms with E-state index in [1.165, 1.54) is 0 Å². The van der Waals surface area contributed by atoms with Gasteiger partial charge in [-0.15, -0.1) is 0 Å². The minimum Gasteiger partial charge on any atom is -0.326 e. The highest BCUT2D eigenvalue weighted by atomic mass is 16.2. The molecule has 7 heteroatoms. The highest BCUT2D eigenvalue weighted by Gasteiger charge is 2.29. The summed E-state index contributed by atoms with van der Waals surface area (Å²) >= 11 is 0. The van der Waals surface area contributed by atoms with E-state index < -0.39 is 0 Å². The summed E-state index contributed by atoms with van der Waals surface area (Å²) in [7, 11) is 0. The van der Waals surface area contributed by atoms with Crippen LogP contribution in [0.3, 0.4) is 0 Å². The summed E-state index contributed by atoms with van der Waals surface area (Å²) < 4.78 is 3.47. The molecular formula is C26H21N5O2. The van der Waals surface area contributed by atoms with Gasteiger partial charge in [-0.3, -0.25) is 19.1 Å². The molecule has 0 aliphatic heterocycles. The molecule has 0 bridgehead atoms. The van der Waals surface area contributed by atoms with Gasteiger partial charge in [-0.1, -0.05) is 6.07 Å². The number of pyridine rings is 2. The molecule has 1 fully saturated rings. The minimum absolute atomic E-state index is 0.0408. The minimum atomic E-state index is -0.150. The number of amides is 1. The van der Waals surface area contributed by atoms with E-state index in [-0.39, 0.29) is 17.4 Å². The summed E-state index contributed by atoms with van der Waals surface area (Å²) in [4.78, 5) is 30.1. The largest absolute Gasteiger partial charge is 0.326 e. The molecule has 162 valence electrons. The molecule has 1 saturated carbocycles. The van der Waals surface area contributed by atoms with Crippen LogP contribution in [0.2, 0.25) is 0 Å². The van der Waals surface area contributed by atoms with Crippen LogP contribution in [0.4, 0.5) is 5.69 Å². The number of nitrogens with zero attached hydrogens (tertiary/aromatic N) is 4. The third kappa shape index (κ3) is 3.38. The Morgan fingerprint density at radius 3 is 2.70 bits per heavy atom. The van der Waals surface area contributed by atoms with Crippen LogP contribution in [0.1, 0.15) is 18.4 Å². The maximum Gasteiger partial charge on any atom is 0.255 e. The number of carbonyl (C=O) groups excluding carboxylic acids is 1. The Labute approximate surface area is 189 Å². The molecule has 0 spiro atoms. The van der Waals surface area contributed by atoms with Crippen LogP contribution in [0.15, 0.2) is 78.0 Å². The van der Waals surface area contributed by atoms with Gasteiger partial charge >= 0.3 is 0 Å². The van der Waals surface area contributed by atoms with Crippen molar-refractivity contribution in [3.05, 3.63) is 89.1 Å². The molecule has 0 radical (unpaired) electrons. The van der Waals surface area contributed by atoms with Gasteiger partial charge in [0.1, 0.15) is 0 Å². The summed E-state index contributed by atoms with van der Waals surface area (Å²) in [6, 6.07) is 16.8. The number of nitrogens with one attached hydrogen (secondary N) is 1. The highest BCUT2D eigenvalue weighted by molar-refractivity contribution is 6.04. The van der Waals surface area contributed by atoms with Gasteiger partial charge in [0.25, 0.3) is 5.56 Å². The number of hydrogen-bond donors (Lipinski definition) is 1. The van der Waals surface area contributed by atoms with Gasteiger partial charge < -0.3 is 5.32 Å². The molecule has 1 N–H and O–H groups in total. The van der Waals surface area contributed by atoms with E-state index in [0.29, 0.717) is 5.69 Å². The van der Waals surface area contributed by atoms with Crippen LogP contribution < -0.4 is 10.9 Å². The Hall–Kier alpha value is -4.26. The first-order valence-electron chi connectivity index (χ1n) is 10.9. The van der Waals surface area contributed by atoms with E-state index >= 15 is 0 Å². The second-order valence-corrected chi connectivity index (χ2v) is 8.48. The average Bonchev–Trinajstić information content (AvgIpc) is 3.54. The fourth-order valence-corrected chi connectivity index (χ4v) is 4.18. The van der Waals surface area contributed by atoms with Crippen molar-refractivity contribution >= 4 is 33.4 Å². The second-order valence-electron chi connectivity index (χ2n) is 8.48. The van der Waals surface area contributed by atoms with Crippen LogP contribution >= 0.6 is 0 Å². The van der Waals surface area contributed by atoms with Crippen LogP contribution in [0, 0.1) is 12.8 Å². The summed E-state index contributed by atoms with van der Waals surface area (Å²) in [5.74, 6) is 0.142. The maximum atomic E-state index is 13.2. The molecule has 1 amide bonds. The lowest BCUT2D eigenvalue weighted by molar-refractivity contribution is -0.117. The standard InChI is InChI=1S/C26H21N5O2/c1-16-3-7-20(14-23(16)29-26(33)17-4-5-17)31-24(32)10-6-18-15-27-22-9-8-19(13-21(22)25(18)31)30-12-2-11-28-30/h2-3,6-15,17H,4-5H2,1H3,(H,29,33). The molecule has 0 saturated heterocycles. The Balaban J connectivity index is 1.59. The summed E-state index contributed by atoms with van der Waals surface area (Å²) in [5.41, 5.74) is 4.66. The smallest absolute Gasteiger partial charge is 0.255 e. The Morgan fingerprint density at radius 1 is 1.06 bits per heavy atom. The van der Waals surface area contributed by atoms with Crippen molar-refractivity contribution in [1.29, 1.82) is 0 Å². The number of fused-ring (bicyclic) bond motifs is 3. The first-order valence-corrected chi connectivity index (χ1v) is 10.9. The average molecular weight is 435 g/mol. The SMILES string of the molecule is Cc1ccc(-n2c(=O)ccc3cnc4ccc(-n5cccn5)cc4c32)cc1NC(=O)C1CC1. The Bertz CT molecular complexity index is 1600. The monoisotopic (exact) mass is 435 g/mol. The molecule has 3 aromatic heterocycles. The molecular weight excluding hydrogens is 414 g/mol. The molecule has 33 heavy (non-hydrogen) atoms. The zero-order valence-electron chi connectivity index (χ0n) is 18.0. The van der Waals surface area contributed by atoms with E-state index in [9.17, 15) is 9.59 Å². The fourth-order valence-electron chi connectivity index (χ4n) is 4.18. The van der Waals surface area contributed by atoms with Gasteiger partial charge in [0, 0.05) is 47.0 Å². The molecule has 1 aliphatic rings. The first-order chi connectivity index (χ1) is 16.1. The first kappa shape index (κ1) is 19.4. The van der Waals surface area contributed by atoms with Crippen molar-refractivity contribution in [2.75, 3.05) is 5.32 Å². The Kier molecular flexibility index (Phi) is 4.36. The fraction of sp³-hybridized carbons (Fsp3) is 0.154. The summed E-state index contributed by atoms with van der Waals surface area (Å²) in [6.07, 6.45) is 7.26. The van der Waals surface area contributed by atoms with Crippen LogP contribution in [0.25, 0.3) is 33.2 Å². The van der Waals surface area contributed by atoms with E-state index in [1.54, 1.807) is 33.8 Å². The van der Waals surface area contributed by atoms with Gasteiger partial charge in [0.2, 0.25) is 5.91 Å². The quantitative estimate of drug-likeness (QED) is 0.425. The summed E-state index contributed by atoms with van der Waals surface area (Å²) in [5, 5.41) is 9.06. The third-order valence-corrected chi connectivity index (χ3v) is 6.16. The lowest BCUT2D eigenvalue weighted by atomic mass is 10.1. The van der Waals surface area contributed by atoms with Gasteiger partial charge in [-0.05, 0) is 67.8 Å². The van der Waals surface area contributed by atoms with Gasteiger partial charge in [0.05, 0.1) is 22.4 Å². The molecule has 5 aromatic rings. The van der Waals surface area contributed by atoms with Crippen LogP contribution in [-0.4, -0.2) is 25.2 Å². The number of hydrogen-bond acceptors (Lipinski definition) is 4. The van der Waals surface area contributed by atoms with Crippen molar-refractivity contribution in [2.24, 2.45) is 5.92 Å². The van der Waals surface area contributed by atoms with Gasteiger partial charge in [0.15, 0.2) is 0 Å². The topological polar surface area (TPSA) is 81.8 Å². The number of carbonyl (C=O) groups is 1. The normalized spacial score (nSPS) is 13.5. The Morgan fingerprint density at radius 2 is 1.91 bits per heavy atom. The van der Waals surface area contributed by atoms with E-state index in [2.05, 4.69) is 15.4 Å². The van der Waals surface area contributed by atoms with E-state index in [4.69, 9.17) is 0 Å². The predicted octanol–water partition coefficient (Wildman–Crippen LogP) is 4.38. The molecule has 3 heterocycles. The van der Waals surface area contributed by atoms with Crippen molar-refractivity contribution in [1.82, 2.24) is 19.3 Å². The number of rotatable bonds is 4. The van der Waals surface area contributed by atoms with Gasteiger partial charge in [-0.2, -0.15) is 5.10 Å². The molecule has 0 unspecified atom stereocenters. The zero-order chi connectivity index (χ0) is 22.5.